The molecule has 8 aromatic rings. The van der Waals surface area contributed by atoms with Gasteiger partial charge in [-0.25, -0.2) is 48.3 Å². The summed E-state index contributed by atoms with van der Waals surface area (Å²) in [5.41, 5.74) is -5.15. The summed E-state index contributed by atoms with van der Waals surface area (Å²) in [6.45, 7) is 18.1. The van der Waals surface area contributed by atoms with Crippen LogP contribution in [0.1, 0.15) is 118 Å². The molecule has 498 valence electrons. The summed E-state index contributed by atoms with van der Waals surface area (Å²) < 4.78 is 142. The molecule has 2 N–H and O–H groups in total. The Morgan fingerprint density at radius 1 is 0.585 bits per heavy atom. The molecule has 0 spiro atoms. The maximum atomic E-state index is 14.9. The lowest BCUT2D eigenvalue weighted by atomic mass is 9.78. The number of nitrogens with zero attached hydrogens (tertiary/aromatic N) is 10. The number of anilines is 6. The zero-order valence-corrected chi connectivity index (χ0v) is 55.0. The molecule has 22 nitrogen and oxygen atoms in total. The van der Waals surface area contributed by atoms with Crippen LogP contribution < -0.4 is 25.9 Å². The minimum atomic E-state index is -4.48. The lowest BCUT2D eigenvalue weighted by Crippen LogP contribution is -2.41. The topological polar surface area (TPSA) is 265 Å². The van der Waals surface area contributed by atoms with Gasteiger partial charge in [-0.3, -0.25) is 9.59 Å². The molecule has 2 aliphatic carbocycles. The molecule has 11 rings (SSSR count). The van der Waals surface area contributed by atoms with Crippen LogP contribution in [0.2, 0.25) is 0 Å². The van der Waals surface area contributed by atoms with Crippen molar-refractivity contribution in [2.24, 2.45) is 0 Å². The van der Waals surface area contributed by atoms with Crippen LogP contribution in [0, 0.1) is 11.6 Å². The van der Waals surface area contributed by atoms with Crippen molar-refractivity contribution in [1.29, 1.82) is 0 Å². The van der Waals surface area contributed by atoms with E-state index in [9.17, 15) is 54.3 Å². The molecule has 3 aliphatic rings. The van der Waals surface area contributed by atoms with Gasteiger partial charge in [0.25, 0.3) is 0 Å². The summed E-state index contributed by atoms with van der Waals surface area (Å²) >= 11 is 5.76. The molecular formula is C60H60BBrF8N12O10S2. The number of aromatic nitrogens is 8. The van der Waals surface area contributed by atoms with Gasteiger partial charge in [0, 0.05) is 65.6 Å². The van der Waals surface area contributed by atoms with Gasteiger partial charge in [-0.05, 0) is 145 Å². The van der Waals surface area contributed by atoms with Gasteiger partial charge in [0.15, 0.2) is 23.2 Å². The number of benzene rings is 2. The molecule has 2 aromatic carbocycles. The van der Waals surface area contributed by atoms with Crippen molar-refractivity contribution in [1.82, 2.24) is 40.2 Å². The van der Waals surface area contributed by atoms with Gasteiger partial charge < -0.3 is 38.5 Å². The van der Waals surface area contributed by atoms with E-state index in [-0.39, 0.29) is 78.3 Å². The predicted octanol–water partition coefficient (Wildman–Crippen LogP) is 14.2. The second-order valence-electron chi connectivity index (χ2n) is 24.7. The third-order valence-electron chi connectivity index (χ3n) is 14.8. The van der Waals surface area contributed by atoms with E-state index in [1.165, 1.54) is 70.4 Å². The molecule has 0 atom stereocenters. The fourth-order valence-corrected chi connectivity index (χ4v) is 10.4. The van der Waals surface area contributed by atoms with Gasteiger partial charge in [-0.2, -0.15) is 36.1 Å². The highest BCUT2D eigenvalue weighted by atomic mass is 79.9. The van der Waals surface area contributed by atoms with Crippen LogP contribution in [0.4, 0.5) is 78.5 Å². The fraction of sp³-hybridized carbons (Fsp3) is 0.400. The maximum absolute atomic E-state index is 14.9. The summed E-state index contributed by atoms with van der Waals surface area (Å²) in [6, 6.07) is 10.6. The van der Waals surface area contributed by atoms with Crippen LogP contribution in [0.3, 0.4) is 0 Å². The van der Waals surface area contributed by atoms with Crippen LogP contribution >= 0.6 is 38.6 Å². The first-order valence-corrected chi connectivity index (χ1v) is 31.2. The second kappa shape index (κ2) is 26.8. The molecule has 6 aromatic heterocycles. The number of ether oxygens (including phenoxy) is 2. The van der Waals surface area contributed by atoms with Crippen molar-refractivity contribution in [2.75, 3.05) is 20.4 Å². The van der Waals surface area contributed by atoms with E-state index in [4.69, 9.17) is 27.8 Å². The Morgan fingerprint density at radius 3 is 1.35 bits per heavy atom. The van der Waals surface area contributed by atoms with Crippen LogP contribution in [0.25, 0.3) is 11.1 Å². The summed E-state index contributed by atoms with van der Waals surface area (Å²) in [5.74, 6) is -3.43. The smallest absolute Gasteiger partial charge is 0.443 e. The van der Waals surface area contributed by atoms with Crippen molar-refractivity contribution in [2.45, 2.75) is 153 Å². The third-order valence-corrected chi connectivity index (χ3v) is 16.7. The van der Waals surface area contributed by atoms with E-state index >= 15 is 0 Å². The summed E-state index contributed by atoms with van der Waals surface area (Å²) in [5, 5.41) is 15.9. The Bertz CT molecular complexity index is 3990. The van der Waals surface area contributed by atoms with Crippen LogP contribution in [0.5, 0.6) is 0 Å². The van der Waals surface area contributed by atoms with E-state index in [0.29, 0.717) is 26.9 Å². The lowest BCUT2D eigenvalue weighted by Gasteiger charge is -2.32. The first kappa shape index (κ1) is 70.0. The second-order valence-corrected chi connectivity index (χ2v) is 27.4. The molecule has 7 heterocycles. The number of amides is 4. The van der Waals surface area contributed by atoms with E-state index in [1.807, 2.05) is 27.7 Å². The van der Waals surface area contributed by atoms with Crippen molar-refractivity contribution >= 4 is 109 Å². The zero-order chi connectivity index (χ0) is 68.6. The number of carbonyl (C=O) groups is 4. The number of thiazole rings is 2. The Kier molecular flexibility index (Phi) is 20.0. The van der Waals surface area contributed by atoms with E-state index < -0.39 is 94.8 Å². The van der Waals surface area contributed by atoms with Crippen LogP contribution in [-0.4, -0.2) is 106 Å². The van der Waals surface area contributed by atoms with Gasteiger partial charge in [0.05, 0.1) is 28.5 Å². The highest BCUT2D eigenvalue weighted by Gasteiger charge is 2.68. The third kappa shape index (κ3) is 16.4. The number of nitrogens with one attached hydrogen (secondary N) is 2. The molecule has 0 unspecified atom stereocenters. The predicted molar refractivity (Wildman–Crippen MR) is 332 cm³/mol. The molecule has 2 saturated carbocycles. The summed E-state index contributed by atoms with van der Waals surface area (Å²) in [7, 11) is -0.741. The average molecular weight is 1420 g/mol. The quantitative estimate of drug-likeness (QED) is 0.0757. The normalized spacial score (nSPS) is 15.9. The Balaban J connectivity index is 0.000000177. The first-order chi connectivity index (χ1) is 43.9. The molecule has 94 heavy (non-hydrogen) atoms. The highest BCUT2D eigenvalue weighted by molar-refractivity contribution is 9.10. The molecule has 34 heteroatoms. The number of carbonyl (C=O) groups excluding carboxylic acids is 4. The summed E-state index contributed by atoms with van der Waals surface area (Å²) in [4.78, 5) is 77.3. The molecule has 3 fully saturated rings. The molecule has 4 amide bonds. The SMILES string of the molecule is CC(C)(C)OC(=O)N(c1ncc(-c2ccc(CC(=O)Nc3cc(C4(C(F)(F)F)CC4)on3)c(F)c2)cn1)c1nccs1.CC(C)(C)OC(=O)N(c1ncc(Br)cn1)c1nccs1.CC1(C)OB(c2ccc(CC(=O)Nc3cc(C4(C(F)(F)F)CC4)on3)c(F)c2)OC1(C)C. The van der Waals surface area contributed by atoms with Gasteiger partial charge in [-0.1, -0.05) is 34.6 Å². The highest BCUT2D eigenvalue weighted by Crippen LogP contribution is 2.60. The van der Waals surface area contributed by atoms with E-state index in [2.05, 4.69) is 66.8 Å². The van der Waals surface area contributed by atoms with Gasteiger partial charge in [0.2, 0.25) is 34.0 Å². The average Bonchev–Trinajstić information content (AvgIpc) is 1.59. The number of alkyl halides is 6. The molecular weight excluding hydrogens is 1360 g/mol. The monoisotopic (exact) mass is 1410 g/mol. The molecule has 1 aliphatic heterocycles. The minimum absolute atomic E-state index is 0.00978. The number of halogens is 9. The number of rotatable bonds is 14. The van der Waals surface area contributed by atoms with Crippen LogP contribution in [0.15, 0.2) is 110 Å². The lowest BCUT2D eigenvalue weighted by molar-refractivity contribution is -0.166. The maximum Gasteiger partial charge on any atom is 0.494 e. The van der Waals surface area contributed by atoms with Crippen molar-refractivity contribution in [3.8, 4) is 11.1 Å². The molecule has 1 saturated heterocycles. The minimum Gasteiger partial charge on any atom is -0.443 e. The Hall–Kier alpha value is -8.34. The van der Waals surface area contributed by atoms with Crippen LogP contribution in [-0.2, 0) is 52.0 Å². The van der Waals surface area contributed by atoms with Gasteiger partial charge in [-0.15, -0.1) is 22.7 Å². The standard InChI is InChI=1S/C27H24F4N6O4S.C21H23BF4N2O4.C12H13BrN4O2S/c1-25(2,3)40-24(39)37(23-32-8-9-42-23)22-33-13-17(14-34-22)15-4-5-16(18(28)10-15)11-21(38)35-20-12-19(41-36-20)26(6-7-26)27(29,30)31;1-18(2)19(3,4)32-22(31-18)13-6-5-12(14(23)10-13)9-17(29)27-16-11-15(30-28-16)20(7-8-20)21(24,25)26;1-12(2,3)19-11(18)17(10-14-4-5-20-10)9-15-6-8(13)7-16-9/h4-5,8-10,12-14H,6-7,11H2,1-3H3,(H,35,36,38);5-6,10-11H,7-9H2,1-4H3,(H,27,28,29);4-7H,1-3H3. The van der Waals surface area contributed by atoms with E-state index in [0.717, 1.165) is 21.5 Å². The first-order valence-electron chi connectivity index (χ1n) is 28.6. The number of hydrogen-bond acceptors (Lipinski definition) is 20. The van der Waals surface area contributed by atoms with Crippen molar-refractivity contribution in [3.05, 3.63) is 135 Å². The van der Waals surface area contributed by atoms with Gasteiger partial charge in [0.1, 0.15) is 33.7 Å². The number of hydrogen-bond donors (Lipinski definition) is 2. The Labute approximate surface area is 548 Å². The fourth-order valence-electron chi connectivity index (χ4n) is 8.90. The van der Waals surface area contributed by atoms with Gasteiger partial charge >= 0.3 is 31.7 Å². The summed E-state index contributed by atoms with van der Waals surface area (Å²) in [6.07, 6.45) is -2.26. The van der Waals surface area contributed by atoms with Crippen molar-refractivity contribution < 1.29 is 82.1 Å². The zero-order valence-electron chi connectivity index (χ0n) is 51.8. The van der Waals surface area contributed by atoms with Crippen molar-refractivity contribution in [3.63, 3.8) is 0 Å². The molecule has 0 radical (unpaired) electrons. The largest absolute Gasteiger partial charge is 0.494 e. The van der Waals surface area contributed by atoms with E-state index in [1.54, 1.807) is 83.0 Å². The Morgan fingerprint density at radius 2 is 0.989 bits per heavy atom. The molecule has 0 bridgehead atoms.